The van der Waals surface area contributed by atoms with Crippen LogP contribution in [0.5, 0.6) is 0 Å². The highest BCUT2D eigenvalue weighted by Gasteiger charge is 2.08. The molecule has 2 rings (SSSR count). The molecule has 114 valence electrons. The molecular weight excluding hydrogens is 282 g/mol. The molecule has 3 nitrogen and oxygen atoms in total. The number of hydrogen-bond donors (Lipinski definition) is 2. The van der Waals surface area contributed by atoms with E-state index in [0.29, 0.717) is 11.7 Å². The van der Waals surface area contributed by atoms with Crippen molar-refractivity contribution in [2.75, 3.05) is 5.32 Å². The fraction of sp³-hybridized carbons (Fsp3) is 0.471. The second kappa shape index (κ2) is 8.08. The molecule has 0 aliphatic heterocycles. The Balaban J connectivity index is 2.01. The Morgan fingerprint density at radius 3 is 2.71 bits per heavy atom. The van der Waals surface area contributed by atoms with E-state index in [9.17, 15) is 0 Å². The molecule has 1 aromatic carbocycles. The van der Waals surface area contributed by atoms with E-state index in [1.165, 1.54) is 11.3 Å². The molecule has 2 N–H and O–H groups in total. The highest BCUT2D eigenvalue weighted by Crippen LogP contribution is 2.20. The van der Waals surface area contributed by atoms with Crippen LogP contribution < -0.4 is 5.32 Å². The first kappa shape index (κ1) is 15.9. The number of benzene rings is 1. The van der Waals surface area contributed by atoms with Crippen LogP contribution in [0.15, 0.2) is 24.3 Å². The van der Waals surface area contributed by atoms with Gasteiger partial charge in [-0.05, 0) is 24.5 Å². The molecule has 0 aliphatic rings. The zero-order valence-electron chi connectivity index (χ0n) is 12.9. The first-order chi connectivity index (χ1) is 10.2. The van der Waals surface area contributed by atoms with Crippen LogP contribution in [-0.2, 0) is 19.4 Å². The largest absolute Gasteiger partial charge is 0.379 e. The lowest BCUT2D eigenvalue weighted by molar-refractivity contribution is 0.760. The van der Waals surface area contributed by atoms with Crippen LogP contribution in [0.4, 0.5) is 5.69 Å². The van der Waals surface area contributed by atoms with Gasteiger partial charge in [-0.25, -0.2) is 4.98 Å². The van der Waals surface area contributed by atoms with Crippen molar-refractivity contribution in [1.29, 1.82) is 0 Å². The van der Waals surface area contributed by atoms with Gasteiger partial charge in [0.25, 0.3) is 0 Å². The second-order valence-electron chi connectivity index (χ2n) is 5.32. The predicted molar refractivity (Wildman–Crippen MR) is 90.0 cm³/mol. The Kier molecular flexibility index (Phi) is 6.12. The fourth-order valence-corrected chi connectivity index (χ4v) is 2.60. The summed E-state index contributed by atoms with van der Waals surface area (Å²) < 4.78 is 0. The van der Waals surface area contributed by atoms with Gasteiger partial charge in [-0.1, -0.05) is 56.5 Å². The Hall–Kier alpha value is -1.48. The number of imidazole rings is 1. The summed E-state index contributed by atoms with van der Waals surface area (Å²) in [5.41, 5.74) is 3.50. The first-order valence-corrected chi connectivity index (χ1v) is 8.17. The van der Waals surface area contributed by atoms with Crippen LogP contribution in [0.25, 0.3) is 0 Å². The third kappa shape index (κ3) is 4.50. The van der Waals surface area contributed by atoms with Crippen molar-refractivity contribution in [2.24, 2.45) is 0 Å². The molecule has 4 heteroatoms. The lowest BCUT2D eigenvalue weighted by Crippen LogP contribution is -2.03. The van der Waals surface area contributed by atoms with Gasteiger partial charge in [-0.3, -0.25) is 0 Å². The van der Waals surface area contributed by atoms with Crippen molar-refractivity contribution < 1.29 is 0 Å². The summed E-state index contributed by atoms with van der Waals surface area (Å²) in [6.45, 7) is 5.05. The Morgan fingerprint density at radius 1 is 1.14 bits per heavy atom. The van der Waals surface area contributed by atoms with Gasteiger partial charge in [0.05, 0.1) is 12.2 Å². The zero-order chi connectivity index (χ0) is 15.1. The van der Waals surface area contributed by atoms with Gasteiger partial charge in [0.1, 0.15) is 5.82 Å². The highest BCUT2D eigenvalue weighted by molar-refractivity contribution is 6.30. The van der Waals surface area contributed by atoms with Crippen molar-refractivity contribution in [3.05, 3.63) is 46.5 Å². The molecule has 0 spiro atoms. The quantitative estimate of drug-likeness (QED) is 0.723. The van der Waals surface area contributed by atoms with E-state index in [4.69, 9.17) is 11.6 Å². The van der Waals surface area contributed by atoms with Crippen LogP contribution in [0.3, 0.4) is 0 Å². The minimum absolute atomic E-state index is 0.585. The third-order valence-electron chi connectivity index (χ3n) is 3.54. The van der Waals surface area contributed by atoms with E-state index >= 15 is 0 Å². The van der Waals surface area contributed by atoms with E-state index in [2.05, 4.69) is 53.4 Å². The van der Waals surface area contributed by atoms with Crippen LogP contribution in [0.1, 0.15) is 50.2 Å². The summed E-state index contributed by atoms with van der Waals surface area (Å²) in [6, 6.07) is 8.44. The maximum absolute atomic E-state index is 6.21. The number of anilines is 1. The van der Waals surface area contributed by atoms with Gasteiger partial charge in [0.2, 0.25) is 0 Å². The summed E-state index contributed by atoms with van der Waals surface area (Å²) in [5, 5.41) is 4.05. The van der Waals surface area contributed by atoms with E-state index in [-0.39, 0.29) is 0 Å². The maximum Gasteiger partial charge on any atom is 0.152 e. The summed E-state index contributed by atoms with van der Waals surface area (Å²) in [4.78, 5) is 7.72. The number of nitrogens with one attached hydrogen (secondary N) is 2. The monoisotopic (exact) mass is 305 g/mol. The van der Waals surface area contributed by atoms with E-state index in [1.807, 2.05) is 0 Å². The summed E-state index contributed by atoms with van der Waals surface area (Å²) in [6.07, 6.45) is 5.49. The third-order valence-corrected chi connectivity index (χ3v) is 3.85. The number of halogens is 1. The highest BCUT2D eigenvalue weighted by atomic mass is 35.5. The maximum atomic E-state index is 6.21. The summed E-state index contributed by atoms with van der Waals surface area (Å²) >= 11 is 6.21. The Morgan fingerprint density at radius 2 is 1.95 bits per heavy atom. The fourth-order valence-electron chi connectivity index (χ4n) is 2.38. The molecule has 0 saturated carbocycles. The summed E-state index contributed by atoms with van der Waals surface area (Å²) in [7, 11) is 0. The Bertz CT molecular complexity index is 563. The summed E-state index contributed by atoms with van der Waals surface area (Å²) in [5.74, 6) is 0.987. The first-order valence-electron chi connectivity index (χ1n) is 7.79. The van der Waals surface area contributed by atoms with Gasteiger partial charge < -0.3 is 10.3 Å². The molecule has 0 aliphatic carbocycles. The molecule has 0 bridgehead atoms. The van der Waals surface area contributed by atoms with Crippen LogP contribution in [0, 0.1) is 0 Å². The van der Waals surface area contributed by atoms with Crippen molar-refractivity contribution in [3.8, 4) is 0 Å². The van der Waals surface area contributed by atoms with E-state index in [1.54, 1.807) is 0 Å². The van der Waals surface area contributed by atoms with E-state index in [0.717, 1.165) is 43.6 Å². The standard InChI is InChI=1S/C17H24ClN3/c1-3-5-11-16-20-15(17(18)21-16)12-19-14-10-7-6-9-13(14)8-4-2/h6-7,9-10,19H,3-5,8,11-12H2,1-2H3,(H,20,21). The molecule has 2 aromatic rings. The molecular formula is C17H24ClN3. The normalized spacial score (nSPS) is 10.8. The molecule has 0 atom stereocenters. The molecule has 21 heavy (non-hydrogen) atoms. The minimum Gasteiger partial charge on any atom is -0.379 e. The van der Waals surface area contributed by atoms with E-state index < -0.39 is 0 Å². The van der Waals surface area contributed by atoms with Crippen LogP contribution >= 0.6 is 11.6 Å². The SMILES string of the molecule is CCCCc1nc(Cl)c(CNc2ccccc2CCC)[nH]1. The number of unbranched alkanes of at least 4 members (excludes halogenated alkanes) is 1. The average Bonchev–Trinajstić information content (AvgIpc) is 2.85. The number of para-hydroxylation sites is 1. The van der Waals surface area contributed by atoms with Gasteiger partial charge in [-0.2, -0.15) is 0 Å². The smallest absolute Gasteiger partial charge is 0.152 e. The lowest BCUT2D eigenvalue weighted by Gasteiger charge is -2.10. The molecule has 0 radical (unpaired) electrons. The topological polar surface area (TPSA) is 40.7 Å². The second-order valence-corrected chi connectivity index (χ2v) is 5.68. The predicted octanol–water partition coefficient (Wildman–Crippen LogP) is 4.97. The van der Waals surface area contributed by atoms with Gasteiger partial charge >= 0.3 is 0 Å². The van der Waals surface area contributed by atoms with Crippen molar-refractivity contribution in [3.63, 3.8) is 0 Å². The molecule has 0 fully saturated rings. The number of H-pyrrole nitrogens is 1. The van der Waals surface area contributed by atoms with Crippen molar-refractivity contribution in [1.82, 2.24) is 9.97 Å². The van der Waals surface area contributed by atoms with Gasteiger partial charge in [0, 0.05) is 12.1 Å². The number of aryl methyl sites for hydroxylation is 2. The number of nitrogens with zero attached hydrogens (tertiary/aromatic N) is 1. The van der Waals surface area contributed by atoms with Gasteiger partial charge in [0.15, 0.2) is 5.15 Å². The molecule has 1 heterocycles. The number of rotatable bonds is 8. The molecule has 1 aromatic heterocycles. The van der Waals surface area contributed by atoms with Gasteiger partial charge in [-0.15, -0.1) is 0 Å². The zero-order valence-corrected chi connectivity index (χ0v) is 13.6. The van der Waals surface area contributed by atoms with Crippen molar-refractivity contribution in [2.45, 2.75) is 52.5 Å². The average molecular weight is 306 g/mol. The van der Waals surface area contributed by atoms with Crippen LogP contribution in [-0.4, -0.2) is 9.97 Å². The molecule has 0 unspecified atom stereocenters. The number of aromatic amines is 1. The lowest BCUT2D eigenvalue weighted by atomic mass is 10.1. The molecule has 0 amide bonds. The Labute approximate surface area is 132 Å². The molecule has 0 saturated heterocycles. The number of aromatic nitrogens is 2. The number of hydrogen-bond acceptors (Lipinski definition) is 2. The minimum atomic E-state index is 0.585. The van der Waals surface area contributed by atoms with Crippen molar-refractivity contribution >= 4 is 17.3 Å². The van der Waals surface area contributed by atoms with Crippen LogP contribution in [0.2, 0.25) is 5.15 Å².